The van der Waals surface area contributed by atoms with E-state index < -0.39 is 5.97 Å². The second kappa shape index (κ2) is 5.67. The van der Waals surface area contributed by atoms with Crippen molar-refractivity contribution in [2.24, 2.45) is 0 Å². The normalized spacial score (nSPS) is 10.1. The van der Waals surface area contributed by atoms with Crippen molar-refractivity contribution in [2.75, 3.05) is 18.7 Å². The van der Waals surface area contributed by atoms with E-state index >= 15 is 0 Å². The summed E-state index contributed by atoms with van der Waals surface area (Å²) in [6.45, 7) is 0. The van der Waals surface area contributed by atoms with Crippen molar-refractivity contribution in [1.29, 1.82) is 0 Å². The number of alkyl halides is 1. The third kappa shape index (κ3) is 2.83. The largest absolute Gasteiger partial charge is 0.465 e. The Kier molecular flexibility index (Phi) is 4.82. The average Bonchev–Trinajstić information content (AvgIpc) is 2.70. The van der Waals surface area contributed by atoms with Gasteiger partial charge in [-0.15, -0.1) is 23.1 Å². The number of esters is 1. The highest BCUT2D eigenvalue weighted by Gasteiger charge is 2.18. The zero-order valence-corrected chi connectivity index (χ0v) is 11.4. The minimum atomic E-state index is -0.399. The molecule has 0 saturated heterocycles. The minimum Gasteiger partial charge on any atom is -0.465 e. The Labute approximate surface area is 104 Å². The molecule has 0 radical (unpaired) electrons. The summed E-state index contributed by atoms with van der Waals surface area (Å²) < 4.78 is 5.45. The first-order chi connectivity index (χ1) is 7.13. The number of hydrogen-bond acceptors (Lipinski definition) is 5. The van der Waals surface area contributed by atoms with Crippen LogP contribution in [0.25, 0.3) is 0 Å². The number of carbonyl (C=O) groups is 2. The van der Waals surface area contributed by atoms with Crippen LogP contribution in [0.4, 0.5) is 0 Å². The van der Waals surface area contributed by atoms with Crippen LogP contribution in [0.1, 0.15) is 20.0 Å². The molecule has 0 atom stereocenters. The van der Waals surface area contributed by atoms with Crippen molar-refractivity contribution in [3.63, 3.8) is 0 Å². The highest BCUT2D eigenvalue weighted by Crippen LogP contribution is 2.31. The molecule has 6 heteroatoms. The van der Waals surface area contributed by atoms with Gasteiger partial charge < -0.3 is 4.74 Å². The number of carbonyl (C=O) groups excluding carboxylic acids is 2. The lowest BCUT2D eigenvalue weighted by Gasteiger charge is -1.94. The van der Waals surface area contributed by atoms with E-state index in [1.54, 1.807) is 6.07 Å². The molecule has 0 amide bonds. The van der Waals surface area contributed by atoms with Crippen molar-refractivity contribution in [3.05, 3.63) is 16.5 Å². The predicted octanol–water partition coefficient (Wildman–Crippen LogP) is 2.83. The van der Waals surface area contributed by atoms with Gasteiger partial charge in [-0.25, -0.2) is 4.79 Å². The molecule has 0 aliphatic rings. The second-order valence-electron chi connectivity index (χ2n) is 2.56. The van der Waals surface area contributed by atoms with Crippen LogP contribution in [-0.2, 0) is 4.74 Å². The summed E-state index contributed by atoms with van der Waals surface area (Å²) in [4.78, 5) is 23.2. The molecule has 0 saturated carbocycles. The fourth-order valence-electron chi connectivity index (χ4n) is 0.993. The van der Waals surface area contributed by atoms with Gasteiger partial charge in [0.2, 0.25) is 0 Å². The highest BCUT2D eigenvalue weighted by molar-refractivity contribution is 9.09. The molecular formula is C9H9BrO3S2. The number of thioether (sulfide) groups is 1. The molecule has 0 aliphatic carbocycles. The van der Waals surface area contributed by atoms with Crippen LogP contribution in [0.3, 0.4) is 0 Å². The van der Waals surface area contributed by atoms with E-state index in [1.807, 2.05) is 6.26 Å². The van der Waals surface area contributed by atoms with Crippen LogP contribution in [0, 0.1) is 0 Å². The smallest absolute Gasteiger partial charge is 0.348 e. The third-order valence-corrected chi connectivity index (χ3v) is 4.45. The standard InChI is InChI=1S/C9H9BrO3S2/c1-13-8(12)7-3-5(6(11)4-10)9(14-2)15-7/h3H,4H2,1-2H3. The van der Waals surface area contributed by atoms with Gasteiger partial charge >= 0.3 is 5.97 Å². The Balaban J connectivity index is 3.11. The fourth-order valence-corrected chi connectivity index (χ4v) is 3.12. The molecule has 15 heavy (non-hydrogen) atoms. The molecule has 0 aliphatic heterocycles. The Bertz CT molecular complexity index is 387. The topological polar surface area (TPSA) is 43.4 Å². The zero-order chi connectivity index (χ0) is 11.4. The summed E-state index contributed by atoms with van der Waals surface area (Å²) >= 11 is 5.85. The molecule has 1 aromatic heterocycles. The van der Waals surface area contributed by atoms with Gasteiger partial charge in [0.15, 0.2) is 5.78 Å². The first-order valence-electron chi connectivity index (χ1n) is 3.99. The molecule has 1 rings (SSSR count). The number of halogens is 1. The van der Waals surface area contributed by atoms with Crippen LogP contribution < -0.4 is 0 Å². The number of ether oxygens (including phenoxy) is 1. The summed E-state index contributed by atoms with van der Waals surface area (Å²) in [5.41, 5.74) is 0.588. The maximum atomic E-state index is 11.5. The average molecular weight is 309 g/mol. The first kappa shape index (κ1) is 12.7. The summed E-state index contributed by atoms with van der Waals surface area (Å²) in [7, 11) is 1.33. The molecule has 1 aromatic rings. The molecule has 0 bridgehead atoms. The Morgan fingerprint density at radius 3 is 2.73 bits per heavy atom. The Morgan fingerprint density at radius 1 is 1.60 bits per heavy atom. The van der Waals surface area contributed by atoms with E-state index in [0.29, 0.717) is 10.4 Å². The van der Waals surface area contributed by atoms with E-state index in [2.05, 4.69) is 20.7 Å². The lowest BCUT2D eigenvalue weighted by molar-refractivity contribution is 0.0606. The van der Waals surface area contributed by atoms with Crippen LogP contribution in [0.2, 0.25) is 0 Å². The summed E-state index contributed by atoms with van der Waals surface area (Å²) in [6.07, 6.45) is 1.87. The second-order valence-corrected chi connectivity index (χ2v) is 5.25. The van der Waals surface area contributed by atoms with E-state index in [4.69, 9.17) is 0 Å². The number of rotatable bonds is 4. The van der Waals surface area contributed by atoms with E-state index in [9.17, 15) is 9.59 Å². The van der Waals surface area contributed by atoms with Gasteiger partial charge in [-0.2, -0.15) is 0 Å². The summed E-state index contributed by atoms with van der Waals surface area (Å²) in [5.74, 6) is -0.422. The monoisotopic (exact) mass is 308 g/mol. The van der Waals surface area contributed by atoms with Crippen molar-refractivity contribution in [3.8, 4) is 0 Å². The van der Waals surface area contributed by atoms with E-state index in [-0.39, 0.29) is 11.1 Å². The van der Waals surface area contributed by atoms with Crippen LogP contribution in [-0.4, -0.2) is 30.4 Å². The molecule has 82 valence electrons. The lowest BCUT2D eigenvalue weighted by Crippen LogP contribution is -2.00. The molecular weight excluding hydrogens is 300 g/mol. The Hall–Kier alpha value is -0.330. The third-order valence-electron chi connectivity index (χ3n) is 1.69. The Morgan fingerprint density at radius 2 is 2.27 bits per heavy atom. The van der Waals surface area contributed by atoms with Crippen molar-refractivity contribution in [1.82, 2.24) is 0 Å². The molecule has 0 aromatic carbocycles. The maximum absolute atomic E-state index is 11.5. The predicted molar refractivity (Wildman–Crippen MR) is 65.6 cm³/mol. The molecule has 0 unspecified atom stereocenters. The summed E-state index contributed by atoms with van der Waals surface area (Å²) in [6, 6.07) is 1.59. The molecule has 3 nitrogen and oxygen atoms in total. The fraction of sp³-hybridized carbons (Fsp3) is 0.333. The molecule has 0 fully saturated rings. The van der Waals surface area contributed by atoms with Gasteiger partial charge in [0.05, 0.1) is 16.6 Å². The molecule has 0 N–H and O–H groups in total. The first-order valence-corrected chi connectivity index (χ1v) is 7.15. The summed E-state index contributed by atoms with van der Waals surface area (Å²) in [5, 5.41) is 0.262. The number of Topliss-reactive ketones (excluding diaryl/α,β-unsaturated/α-hetero) is 1. The van der Waals surface area contributed by atoms with Crippen LogP contribution in [0.15, 0.2) is 10.3 Å². The van der Waals surface area contributed by atoms with Crippen molar-refractivity contribution >= 4 is 50.8 Å². The highest BCUT2D eigenvalue weighted by atomic mass is 79.9. The zero-order valence-electron chi connectivity index (χ0n) is 8.20. The van der Waals surface area contributed by atoms with Crippen molar-refractivity contribution in [2.45, 2.75) is 4.21 Å². The van der Waals surface area contributed by atoms with Gasteiger partial charge in [-0.05, 0) is 12.3 Å². The van der Waals surface area contributed by atoms with Crippen LogP contribution >= 0.6 is 39.0 Å². The van der Waals surface area contributed by atoms with Gasteiger partial charge in [-0.1, -0.05) is 15.9 Å². The van der Waals surface area contributed by atoms with E-state index in [0.717, 1.165) is 4.21 Å². The van der Waals surface area contributed by atoms with Gasteiger partial charge in [0.25, 0.3) is 0 Å². The maximum Gasteiger partial charge on any atom is 0.348 e. The molecule has 0 spiro atoms. The number of hydrogen-bond donors (Lipinski definition) is 0. The van der Waals surface area contributed by atoms with Gasteiger partial charge in [-0.3, -0.25) is 4.79 Å². The number of ketones is 1. The lowest BCUT2D eigenvalue weighted by atomic mass is 10.2. The number of methoxy groups -OCH3 is 1. The van der Waals surface area contributed by atoms with Gasteiger partial charge in [0.1, 0.15) is 4.88 Å². The minimum absolute atomic E-state index is 0.0225. The van der Waals surface area contributed by atoms with E-state index in [1.165, 1.54) is 30.2 Å². The van der Waals surface area contributed by atoms with Crippen molar-refractivity contribution < 1.29 is 14.3 Å². The van der Waals surface area contributed by atoms with Gasteiger partial charge in [0, 0.05) is 5.56 Å². The SMILES string of the molecule is COC(=O)c1cc(C(=O)CBr)c(SC)s1. The number of thiophene rings is 1. The van der Waals surface area contributed by atoms with Crippen LogP contribution in [0.5, 0.6) is 0 Å². The molecule has 1 heterocycles. The quantitative estimate of drug-likeness (QED) is 0.371.